The zero-order valence-electron chi connectivity index (χ0n) is 14.5. The lowest BCUT2D eigenvalue weighted by atomic mass is 9.85. The van der Waals surface area contributed by atoms with Crippen molar-refractivity contribution in [2.24, 2.45) is 0 Å². The second kappa shape index (κ2) is 5.65. The van der Waals surface area contributed by atoms with Gasteiger partial charge in [-0.05, 0) is 31.4 Å². The van der Waals surface area contributed by atoms with Gasteiger partial charge in [-0.3, -0.25) is 9.20 Å². The number of nitrogens with zero attached hydrogens (tertiary/aromatic N) is 4. The molecule has 0 radical (unpaired) electrons. The van der Waals surface area contributed by atoms with Crippen molar-refractivity contribution in [3.05, 3.63) is 52.9 Å². The maximum atomic E-state index is 14.7. The normalized spacial score (nSPS) is 17.4. The fraction of sp³-hybridized carbons (Fsp3) is 0.421. The molecule has 6 nitrogen and oxygen atoms in total. The number of carbonyl (C=O) groups is 1. The Morgan fingerprint density at radius 2 is 2.15 bits per heavy atom. The van der Waals surface area contributed by atoms with Gasteiger partial charge in [0.15, 0.2) is 11.6 Å². The zero-order valence-corrected chi connectivity index (χ0v) is 14.5. The van der Waals surface area contributed by atoms with E-state index in [2.05, 4.69) is 9.97 Å². The van der Waals surface area contributed by atoms with E-state index >= 15 is 0 Å². The third-order valence-corrected chi connectivity index (χ3v) is 5.40. The summed E-state index contributed by atoms with van der Waals surface area (Å²) in [5.74, 6) is 1.06. The molecule has 0 bridgehead atoms. The Labute approximate surface area is 149 Å². The monoisotopic (exact) mass is 354 g/mol. The number of pyridine rings is 1. The maximum absolute atomic E-state index is 14.7. The van der Waals surface area contributed by atoms with Crippen LogP contribution in [0.4, 0.5) is 4.39 Å². The summed E-state index contributed by atoms with van der Waals surface area (Å²) in [5.41, 5.74) is 2.00. The van der Waals surface area contributed by atoms with Gasteiger partial charge < -0.3 is 9.32 Å². The van der Waals surface area contributed by atoms with E-state index in [9.17, 15) is 9.18 Å². The van der Waals surface area contributed by atoms with E-state index in [0.29, 0.717) is 31.1 Å². The number of imidazole rings is 1. The molecule has 1 fully saturated rings. The Hall–Kier alpha value is -2.70. The van der Waals surface area contributed by atoms with E-state index in [4.69, 9.17) is 4.42 Å². The van der Waals surface area contributed by atoms with Crippen molar-refractivity contribution in [2.45, 2.75) is 45.1 Å². The first-order chi connectivity index (χ1) is 12.6. The third-order valence-electron chi connectivity index (χ3n) is 5.40. The average molecular weight is 354 g/mol. The van der Waals surface area contributed by atoms with Crippen molar-refractivity contribution in [3.8, 4) is 0 Å². The molecule has 0 N–H and O–H groups in total. The van der Waals surface area contributed by atoms with Crippen LogP contribution < -0.4 is 0 Å². The van der Waals surface area contributed by atoms with Gasteiger partial charge in [-0.1, -0.05) is 12.5 Å². The number of oxazole rings is 1. The molecule has 0 atom stereocenters. The molecule has 5 rings (SSSR count). The van der Waals surface area contributed by atoms with E-state index in [-0.39, 0.29) is 5.69 Å². The zero-order chi connectivity index (χ0) is 17.8. The van der Waals surface area contributed by atoms with Crippen molar-refractivity contribution in [1.82, 2.24) is 19.3 Å². The lowest BCUT2D eigenvalue weighted by molar-refractivity contribution is 0.0717. The van der Waals surface area contributed by atoms with Gasteiger partial charge in [-0.2, -0.15) is 4.39 Å². The molecule has 26 heavy (non-hydrogen) atoms. The molecule has 1 amide bonds. The molecule has 0 aromatic carbocycles. The molecule has 0 saturated heterocycles. The fourth-order valence-corrected chi connectivity index (χ4v) is 3.63. The van der Waals surface area contributed by atoms with Gasteiger partial charge in [0, 0.05) is 25.1 Å². The summed E-state index contributed by atoms with van der Waals surface area (Å²) in [4.78, 5) is 23.2. The van der Waals surface area contributed by atoms with Crippen molar-refractivity contribution in [3.63, 3.8) is 0 Å². The number of rotatable bonds is 2. The van der Waals surface area contributed by atoms with Gasteiger partial charge in [-0.15, -0.1) is 0 Å². The number of aryl methyl sites for hydroxylation is 1. The molecule has 7 heteroatoms. The fourth-order valence-electron chi connectivity index (χ4n) is 3.63. The number of hydrogen-bond acceptors (Lipinski definition) is 4. The summed E-state index contributed by atoms with van der Waals surface area (Å²) in [6.07, 6.45) is 5.71. The Balaban J connectivity index is 1.43. The molecule has 3 aromatic heterocycles. The van der Waals surface area contributed by atoms with Crippen LogP contribution in [0, 0.1) is 12.9 Å². The maximum Gasteiger partial charge on any atom is 0.277 e. The van der Waals surface area contributed by atoms with E-state index in [1.807, 2.05) is 13.0 Å². The van der Waals surface area contributed by atoms with E-state index in [0.717, 1.165) is 35.7 Å². The molecule has 0 unspecified atom stereocenters. The van der Waals surface area contributed by atoms with Crippen LogP contribution in [0.1, 0.15) is 58.6 Å². The highest BCUT2D eigenvalue weighted by atomic mass is 19.1. The van der Waals surface area contributed by atoms with Crippen LogP contribution >= 0.6 is 0 Å². The summed E-state index contributed by atoms with van der Waals surface area (Å²) < 4.78 is 21.9. The minimum absolute atomic E-state index is 0.137. The molecule has 0 spiro atoms. The average Bonchev–Trinajstić information content (AvgIpc) is 3.13. The Morgan fingerprint density at radius 3 is 2.92 bits per heavy atom. The molecule has 1 saturated carbocycles. The lowest BCUT2D eigenvalue weighted by Gasteiger charge is -2.24. The SMILES string of the molecule is Cc1ccc2nc(C(=O)N3CCc4oc(C5CCC5)nc4C3)c(F)n2c1. The van der Waals surface area contributed by atoms with Crippen LogP contribution in [0.5, 0.6) is 0 Å². The highest BCUT2D eigenvalue weighted by Gasteiger charge is 2.32. The Morgan fingerprint density at radius 1 is 1.31 bits per heavy atom. The van der Waals surface area contributed by atoms with E-state index in [1.54, 1.807) is 17.2 Å². The highest BCUT2D eigenvalue weighted by Crippen LogP contribution is 2.37. The van der Waals surface area contributed by atoms with E-state index in [1.165, 1.54) is 10.8 Å². The molecule has 1 aliphatic heterocycles. The van der Waals surface area contributed by atoms with Crippen LogP contribution in [-0.4, -0.2) is 31.7 Å². The van der Waals surface area contributed by atoms with Gasteiger partial charge in [0.1, 0.15) is 17.1 Å². The summed E-state index contributed by atoms with van der Waals surface area (Å²) in [7, 11) is 0. The highest BCUT2D eigenvalue weighted by molar-refractivity contribution is 5.93. The molecule has 1 aliphatic carbocycles. The summed E-state index contributed by atoms with van der Waals surface area (Å²) in [6, 6.07) is 3.56. The summed E-state index contributed by atoms with van der Waals surface area (Å²) in [6.45, 7) is 2.70. The minimum atomic E-state index is -0.616. The van der Waals surface area contributed by atoms with Crippen LogP contribution in [-0.2, 0) is 13.0 Å². The lowest BCUT2D eigenvalue weighted by Crippen LogP contribution is -2.36. The van der Waals surface area contributed by atoms with Crippen molar-refractivity contribution >= 4 is 11.6 Å². The van der Waals surface area contributed by atoms with Crippen LogP contribution in [0.2, 0.25) is 0 Å². The first-order valence-electron chi connectivity index (χ1n) is 9.02. The number of carbonyl (C=O) groups excluding carboxylic acids is 1. The molecule has 3 aromatic rings. The standard InChI is InChI=1S/C19H19FN4O2/c1-11-5-6-15-22-16(17(20)24(15)9-11)19(25)23-8-7-14-13(10-23)21-18(26-14)12-3-2-4-12/h5-6,9,12H,2-4,7-8,10H2,1H3. The minimum Gasteiger partial charge on any atom is -0.445 e. The van der Waals surface area contributed by atoms with Crippen LogP contribution in [0.15, 0.2) is 22.7 Å². The summed E-state index contributed by atoms with van der Waals surface area (Å²) in [5, 5.41) is 0. The van der Waals surface area contributed by atoms with Gasteiger partial charge in [-0.25, -0.2) is 9.97 Å². The van der Waals surface area contributed by atoms with Gasteiger partial charge in [0.2, 0.25) is 5.95 Å². The molecule has 134 valence electrons. The largest absolute Gasteiger partial charge is 0.445 e. The Bertz CT molecular complexity index is 1020. The number of fused-ring (bicyclic) bond motifs is 2. The van der Waals surface area contributed by atoms with Crippen molar-refractivity contribution < 1.29 is 13.6 Å². The molecule has 4 heterocycles. The molecular weight excluding hydrogens is 335 g/mol. The summed E-state index contributed by atoms with van der Waals surface area (Å²) >= 11 is 0. The third kappa shape index (κ3) is 2.34. The predicted octanol–water partition coefficient (Wildman–Crippen LogP) is 3.24. The second-order valence-corrected chi connectivity index (χ2v) is 7.21. The van der Waals surface area contributed by atoms with Crippen LogP contribution in [0.25, 0.3) is 5.65 Å². The van der Waals surface area contributed by atoms with Gasteiger partial charge in [0.05, 0.1) is 6.54 Å². The number of halogens is 1. The second-order valence-electron chi connectivity index (χ2n) is 7.21. The smallest absolute Gasteiger partial charge is 0.277 e. The van der Waals surface area contributed by atoms with Crippen molar-refractivity contribution in [2.75, 3.05) is 6.54 Å². The number of amides is 1. The quantitative estimate of drug-likeness (QED) is 0.709. The van der Waals surface area contributed by atoms with E-state index < -0.39 is 11.9 Å². The number of aromatic nitrogens is 3. The van der Waals surface area contributed by atoms with Crippen molar-refractivity contribution in [1.29, 1.82) is 0 Å². The molecule has 2 aliphatic rings. The molecular formula is C19H19FN4O2. The topological polar surface area (TPSA) is 63.6 Å². The first kappa shape index (κ1) is 15.5. The first-order valence-corrected chi connectivity index (χ1v) is 9.02. The Kier molecular flexibility index (Phi) is 3.38. The number of hydrogen-bond donors (Lipinski definition) is 0. The van der Waals surface area contributed by atoms with Gasteiger partial charge in [0.25, 0.3) is 5.91 Å². The van der Waals surface area contributed by atoms with Crippen LogP contribution in [0.3, 0.4) is 0 Å². The van der Waals surface area contributed by atoms with Gasteiger partial charge >= 0.3 is 0 Å². The predicted molar refractivity (Wildman–Crippen MR) is 91.4 cm³/mol.